The van der Waals surface area contributed by atoms with Crippen molar-refractivity contribution in [1.29, 1.82) is 0 Å². The second-order valence-corrected chi connectivity index (χ2v) is 4.98. The monoisotopic (exact) mass is 238 g/mol. The lowest BCUT2D eigenvalue weighted by Gasteiger charge is -1.97. The molecule has 1 heteroatoms. The van der Waals surface area contributed by atoms with Crippen molar-refractivity contribution in [3.63, 3.8) is 0 Å². The lowest BCUT2D eigenvalue weighted by molar-refractivity contribution is -0.117. The van der Waals surface area contributed by atoms with Crippen molar-refractivity contribution < 1.29 is 4.79 Å². The maximum absolute atomic E-state index is 10.7. The van der Waals surface area contributed by atoms with Crippen molar-refractivity contribution in [1.82, 2.24) is 0 Å². The van der Waals surface area contributed by atoms with Gasteiger partial charge in [0.25, 0.3) is 0 Å². The molecule has 0 aliphatic rings. The number of hydrogen-bond acceptors (Lipinski definition) is 1. The molecule has 0 amide bonds. The average Bonchev–Trinajstić information content (AvgIpc) is 2.30. The van der Waals surface area contributed by atoms with E-state index in [9.17, 15) is 4.79 Å². The van der Waals surface area contributed by atoms with E-state index in [1.807, 2.05) is 0 Å². The number of ketones is 1. The highest BCUT2D eigenvalue weighted by Crippen LogP contribution is 2.07. The van der Waals surface area contributed by atoms with Gasteiger partial charge < -0.3 is 4.79 Å². The Morgan fingerprint density at radius 3 is 1.88 bits per heavy atom. The van der Waals surface area contributed by atoms with Gasteiger partial charge in [0.2, 0.25) is 0 Å². The standard InChI is InChI=1S/C16H30O/c1-3-4-5-6-7-8-9-10-11-12-13-14-15-16(2)17/h9-10H,3-8,11-15H2,1-2H3. The third-order valence-corrected chi connectivity index (χ3v) is 3.04. The first-order chi connectivity index (χ1) is 8.27. The van der Waals surface area contributed by atoms with Gasteiger partial charge in [-0.3, -0.25) is 0 Å². The first-order valence-electron chi connectivity index (χ1n) is 7.41. The zero-order valence-corrected chi connectivity index (χ0v) is 11.8. The van der Waals surface area contributed by atoms with E-state index in [0.29, 0.717) is 5.78 Å². The van der Waals surface area contributed by atoms with E-state index < -0.39 is 0 Å². The Balaban J connectivity index is 3.07. The van der Waals surface area contributed by atoms with Crippen molar-refractivity contribution in [3.05, 3.63) is 12.2 Å². The molecule has 0 fully saturated rings. The van der Waals surface area contributed by atoms with Crippen LogP contribution in [0.4, 0.5) is 0 Å². The van der Waals surface area contributed by atoms with E-state index in [2.05, 4.69) is 19.1 Å². The molecule has 0 aliphatic heterocycles. The van der Waals surface area contributed by atoms with Crippen molar-refractivity contribution in [3.8, 4) is 0 Å². The fourth-order valence-corrected chi connectivity index (χ4v) is 1.91. The second-order valence-electron chi connectivity index (χ2n) is 4.98. The van der Waals surface area contributed by atoms with E-state index >= 15 is 0 Å². The largest absolute Gasteiger partial charge is 0.300 e. The first kappa shape index (κ1) is 16.4. The summed E-state index contributed by atoms with van der Waals surface area (Å²) in [4.78, 5) is 10.7. The molecule has 0 rings (SSSR count). The molecule has 1 nitrogen and oxygen atoms in total. The van der Waals surface area contributed by atoms with Gasteiger partial charge in [0, 0.05) is 6.42 Å². The van der Waals surface area contributed by atoms with Crippen LogP contribution in [0.1, 0.15) is 84.5 Å². The number of hydrogen-bond donors (Lipinski definition) is 0. The number of Topliss-reactive ketones (excluding diaryl/α,β-unsaturated/α-hetero) is 1. The zero-order chi connectivity index (χ0) is 12.8. The van der Waals surface area contributed by atoms with Crippen LogP contribution in [0.5, 0.6) is 0 Å². The lowest BCUT2D eigenvalue weighted by Crippen LogP contribution is -1.88. The van der Waals surface area contributed by atoms with Gasteiger partial charge >= 0.3 is 0 Å². The van der Waals surface area contributed by atoms with Gasteiger partial charge in [-0.25, -0.2) is 0 Å². The molecule has 0 atom stereocenters. The lowest BCUT2D eigenvalue weighted by atomic mass is 10.1. The molecule has 0 heterocycles. The Morgan fingerprint density at radius 2 is 1.35 bits per heavy atom. The average molecular weight is 238 g/mol. The first-order valence-corrected chi connectivity index (χ1v) is 7.41. The molecule has 0 unspecified atom stereocenters. The Hall–Kier alpha value is -0.590. The summed E-state index contributed by atoms with van der Waals surface area (Å²) in [5, 5.41) is 0. The van der Waals surface area contributed by atoms with Crippen molar-refractivity contribution >= 4 is 5.78 Å². The zero-order valence-electron chi connectivity index (χ0n) is 11.8. The SMILES string of the molecule is CCCCCCCC=CCCCCCC(C)=O. The van der Waals surface area contributed by atoms with Crippen molar-refractivity contribution in [2.24, 2.45) is 0 Å². The van der Waals surface area contributed by atoms with Gasteiger partial charge in [-0.15, -0.1) is 0 Å². The van der Waals surface area contributed by atoms with Gasteiger partial charge in [-0.05, 0) is 39.0 Å². The minimum Gasteiger partial charge on any atom is -0.300 e. The number of carbonyl (C=O) groups is 1. The molecule has 0 N–H and O–H groups in total. The predicted molar refractivity (Wildman–Crippen MR) is 76.3 cm³/mol. The molecule has 0 saturated carbocycles. The smallest absolute Gasteiger partial charge is 0.129 e. The minimum absolute atomic E-state index is 0.327. The van der Waals surface area contributed by atoms with Gasteiger partial charge in [-0.1, -0.05) is 51.2 Å². The fraction of sp³-hybridized carbons (Fsp3) is 0.812. The summed E-state index contributed by atoms with van der Waals surface area (Å²) in [5.41, 5.74) is 0. The highest BCUT2D eigenvalue weighted by atomic mass is 16.1. The topological polar surface area (TPSA) is 17.1 Å². The Kier molecular flexibility index (Phi) is 13.0. The van der Waals surface area contributed by atoms with Crippen molar-refractivity contribution in [2.45, 2.75) is 84.5 Å². The molecular formula is C16H30O. The summed E-state index contributed by atoms with van der Waals surface area (Å²) in [7, 11) is 0. The van der Waals surface area contributed by atoms with Crippen LogP contribution in [0.25, 0.3) is 0 Å². The third-order valence-electron chi connectivity index (χ3n) is 3.04. The van der Waals surface area contributed by atoms with Gasteiger partial charge in [-0.2, -0.15) is 0 Å². The predicted octanol–water partition coefficient (Wildman–Crippen LogP) is 5.44. The molecule has 0 aromatic carbocycles. The molecule has 0 spiro atoms. The normalized spacial score (nSPS) is 11.2. The minimum atomic E-state index is 0.327. The van der Waals surface area contributed by atoms with Crippen LogP contribution in [-0.4, -0.2) is 5.78 Å². The number of rotatable bonds is 12. The molecule has 0 radical (unpaired) electrons. The molecule has 0 bridgehead atoms. The van der Waals surface area contributed by atoms with Gasteiger partial charge in [0.05, 0.1) is 0 Å². The van der Waals surface area contributed by atoms with E-state index in [1.165, 1.54) is 57.8 Å². The second kappa shape index (κ2) is 13.5. The number of unbranched alkanes of at least 4 members (excludes halogenated alkanes) is 8. The summed E-state index contributed by atoms with van der Waals surface area (Å²) in [5.74, 6) is 0.327. The van der Waals surface area contributed by atoms with Gasteiger partial charge in [0.1, 0.15) is 5.78 Å². The summed E-state index contributed by atoms with van der Waals surface area (Å²) in [6, 6.07) is 0. The van der Waals surface area contributed by atoms with Crippen LogP contribution >= 0.6 is 0 Å². The molecular weight excluding hydrogens is 208 g/mol. The van der Waals surface area contributed by atoms with E-state index in [1.54, 1.807) is 6.92 Å². The van der Waals surface area contributed by atoms with Crippen LogP contribution in [0.15, 0.2) is 12.2 Å². The van der Waals surface area contributed by atoms with E-state index in [-0.39, 0.29) is 0 Å². The summed E-state index contributed by atoms with van der Waals surface area (Å²) in [6.07, 6.45) is 18.2. The molecule has 0 saturated heterocycles. The van der Waals surface area contributed by atoms with Crippen LogP contribution in [0, 0.1) is 0 Å². The molecule has 0 aliphatic carbocycles. The number of carbonyl (C=O) groups excluding carboxylic acids is 1. The maximum atomic E-state index is 10.7. The molecule has 17 heavy (non-hydrogen) atoms. The number of allylic oxidation sites excluding steroid dienone is 2. The van der Waals surface area contributed by atoms with Gasteiger partial charge in [0.15, 0.2) is 0 Å². The van der Waals surface area contributed by atoms with Crippen LogP contribution < -0.4 is 0 Å². The highest BCUT2D eigenvalue weighted by molar-refractivity contribution is 5.75. The third kappa shape index (κ3) is 15.4. The Morgan fingerprint density at radius 1 is 0.824 bits per heavy atom. The van der Waals surface area contributed by atoms with Crippen LogP contribution in [0.3, 0.4) is 0 Å². The summed E-state index contributed by atoms with van der Waals surface area (Å²) in [6.45, 7) is 3.93. The molecule has 0 aromatic heterocycles. The summed E-state index contributed by atoms with van der Waals surface area (Å²) >= 11 is 0. The van der Waals surface area contributed by atoms with Crippen LogP contribution in [0.2, 0.25) is 0 Å². The summed E-state index contributed by atoms with van der Waals surface area (Å²) < 4.78 is 0. The highest BCUT2D eigenvalue weighted by Gasteiger charge is 1.92. The van der Waals surface area contributed by atoms with Crippen LogP contribution in [-0.2, 0) is 4.79 Å². The Labute approximate surface area is 108 Å². The fourth-order valence-electron chi connectivity index (χ4n) is 1.91. The Bertz CT molecular complexity index is 194. The molecule has 0 aromatic rings. The maximum Gasteiger partial charge on any atom is 0.129 e. The quantitative estimate of drug-likeness (QED) is 0.327. The molecule has 100 valence electrons. The van der Waals surface area contributed by atoms with Crippen molar-refractivity contribution in [2.75, 3.05) is 0 Å². The van der Waals surface area contributed by atoms with E-state index in [0.717, 1.165) is 12.8 Å². The van der Waals surface area contributed by atoms with E-state index in [4.69, 9.17) is 0 Å².